The zero-order chi connectivity index (χ0) is 43.1. The molecule has 0 unspecified atom stereocenters. The van der Waals surface area contributed by atoms with Crippen LogP contribution in [-0.2, 0) is 28.6 Å². The molecule has 1 aliphatic heterocycles. The highest BCUT2D eigenvalue weighted by atomic mass is 35.5. The number of nitrogens with zero attached hydrogens (tertiary/aromatic N) is 4. The maximum absolute atomic E-state index is 14.8. The summed E-state index contributed by atoms with van der Waals surface area (Å²) < 4.78 is 30.4. The summed E-state index contributed by atoms with van der Waals surface area (Å²) in [4.78, 5) is 62.0. The third-order valence-corrected chi connectivity index (χ3v) is 12.5. The molecule has 60 heavy (non-hydrogen) atoms. The Balaban J connectivity index is 1.21. The van der Waals surface area contributed by atoms with Crippen molar-refractivity contribution in [2.75, 3.05) is 39.3 Å². The van der Waals surface area contributed by atoms with Crippen LogP contribution in [0.15, 0.2) is 30.5 Å². The number of carbonyl (C=O) groups is 4. The number of alkyl carbamates (subject to hydrolysis) is 1. The van der Waals surface area contributed by atoms with E-state index in [0.29, 0.717) is 65.3 Å². The standard InChI is InChI=1S/C43H58ClN7O9/c1-9-26-21-43(26,40(54)57-8)48-38(52)30-19-28(22-50(30)39(53)37(42(4,5)6)47-41(55)60-27-17-24-16-25(24)18-27)59-32-20-34(51-13-12-33(49-51)45-23(2)3)46-36-29(32)10-11-31(35(36)44)58-15-14-56-7/h10-13,20,23-28,30,37H,9,14-19,21-22H2,1-8H3,(H,45,49)(H,47,55)(H,48,52)/t24-,25+,26-,27+,28-,30+,37-,43-/m1/s1. The molecule has 3 aromatic rings. The molecular weight excluding hydrogens is 794 g/mol. The lowest BCUT2D eigenvalue weighted by atomic mass is 9.85. The number of esters is 1. The van der Waals surface area contributed by atoms with Crippen LogP contribution in [0.25, 0.3) is 16.7 Å². The van der Waals surface area contributed by atoms with E-state index in [1.165, 1.54) is 18.4 Å². The molecule has 8 atom stereocenters. The summed E-state index contributed by atoms with van der Waals surface area (Å²) in [6.45, 7) is 12.1. The van der Waals surface area contributed by atoms with Crippen LogP contribution in [0, 0.1) is 23.2 Å². The SMILES string of the molecule is CC[C@@H]1C[C@]1(NC(=O)[C@@H]1C[C@@H](Oc2cc(-n3ccc(NC(C)C)n3)nc3c(Cl)c(OCCOC)ccc23)CN1C(=O)[C@@H](NC(=O)O[C@@H]1C[C@@H]2C[C@@H]2C1)C(C)(C)C)C(=O)OC. The lowest BCUT2D eigenvalue weighted by molar-refractivity contribution is -0.148. The van der Waals surface area contributed by atoms with E-state index in [4.69, 9.17) is 40.3 Å². The minimum Gasteiger partial charge on any atom is -0.490 e. The Kier molecular flexibility index (Phi) is 12.5. The third kappa shape index (κ3) is 9.09. The van der Waals surface area contributed by atoms with Crippen molar-refractivity contribution in [2.45, 2.75) is 116 Å². The summed E-state index contributed by atoms with van der Waals surface area (Å²) in [6, 6.07) is 5.13. The number of ether oxygens (including phenoxy) is 5. The predicted octanol–water partition coefficient (Wildman–Crippen LogP) is 5.67. The summed E-state index contributed by atoms with van der Waals surface area (Å²) in [6.07, 6.45) is 4.18. The zero-order valence-electron chi connectivity index (χ0n) is 35.7. The Morgan fingerprint density at radius 1 is 1.00 bits per heavy atom. The van der Waals surface area contributed by atoms with Crippen LogP contribution in [0.3, 0.4) is 0 Å². The zero-order valence-corrected chi connectivity index (χ0v) is 36.5. The quantitative estimate of drug-likeness (QED) is 0.119. The number of methoxy groups -OCH3 is 2. The Morgan fingerprint density at radius 3 is 2.40 bits per heavy atom. The molecule has 1 aromatic carbocycles. The van der Waals surface area contributed by atoms with Crippen LogP contribution in [0.5, 0.6) is 11.5 Å². The van der Waals surface area contributed by atoms with Gasteiger partial charge in [0.25, 0.3) is 0 Å². The maximum atomic E-state index is 14.8. The van der Waals surface area contributed by atoms with Gasteiger partial charge in [0, 0.05) is 43.3 Å². The molecule has 0 radical (unpaired) electrons. The number of fused-ring (bicyclic) bond motifs is 2. The molecule has 3 aliphatic carbocycles. The third-order valence-electron chi connectivity index (χ3n) is 12.1. The number of likely N-dealkylation sites (tertiary alicyclic amines) is 1. The van der Waals surface area contributed by atoms with Gasteiger partial charge in [-0.2, -0.15) is 0 Å². The molecule has 2 aromatic heterocycles. The largest absolute Gasteiger partial charge is 0.490 e. The van der Waals surface area contributed by atoms with Crippen molar-refractivity contribution in [3.63, 3.8) is 0 Å². The van der Waals surface area contributed by atoms with Gasteiger partial charge in [-0.25, -0.2) is 19.3 Å². The first-order valence-electron chi connectivity index (χ1n) is 21.0. The lowest BCUT2D eigenvalue weighted by Crippen LogP contribution is -2.59. The minimum atomic E-state index is -1.19. The second-order valence-corrected chi connectivity index (χ2v) is 18.4. The van der Waals surface area contributed by atoms with E-state index in [-0.39, 0.29) is 42.7 Å². The number of nitrogens with one attached hydrogen (secondary N) is 3. The highest BCUT2D eigenvalue weighted by Crippen LogP contribution is 2.52. The Morgan fingerprint density at radius 2 is 1.75 bits per heavy atom. The fourth-order valence-corrected chi connectivity index (χ4v) is 9.03. The summed E-state index contributed by atoms with van der Waals surface area (Å²) in [5, 5.41) is 14.6. The molecule has 17 heteroatoms. The number of halogens is 1. The average Bonchev–Trinajstić information content (AvgIpc) is 3.86. The lowest BCUT2D eigenvalue weighted by Gasteiger charge is -2.35. The van der Waals surface area contributed by atoms with Gasteiger partial charge in [0.1, 0.15) is 58.8 Å². The van der Waals surface area contributed by atoms with E-state index in [0.717, 1.165) is 12.8 Å². The van der Waals surface area contributed by atoms with Crippen molar-refractivity contribution < 1.29 is 42.9 Å². The van der Waals surface area contributed by atoms with Crippen molar-refractivity contribution in [2.24, 2.45) is 23.2 Å². The molecule has 3 heterocycles. The molecule has 3 amide bonds. The van der Waals surface area contributed by atoms with Crippen LogP contribution < -0.4 is 25.4 Å². The Hall–Kier alpha value is -4.83. The van der Waals surface area contributed by atoms with Crippen LogP contribution in [0.4, 0.5) is 10.6 Å². The minimum absolute atomic E-state index is 0.00996. The molecular formula is C43H58ClN7O9. The number of benzene rings is 1. The van der Waals surface area contributed by atoms with Crippen molar-refractivity contribution in [3.05, 3.63) is 35.5 Å². The Labute approximate surface area is 355 Å². The molecule has 4 fully saturated rings. The van der Waals surface area contributed by atoms with E-state index < -0.39 is 53.0 Å². The number of carbonyl (C=O) groups excluding carboxylic acids is 4. The van der Waals surface area contributed by atoms with Gasteiger partial charge < -0.3 is 44.5 Å². The molecule has 7 rings (SSSR count). The number of rotatable bonds is 16. The molecule has 326 valence electrons. The highest BCUT2D eigenvalue weighted by Gasteiger charge is 2.62. The van der Waals surface area contributed by atoms with Gasteiger partial charge in [0.2, 0.25) is 11.8 Å². The number of anilines is 1. The summed E-state index contributed by atoms with van der Waals surface area (Å²) in [5.74, 6) is 1.42. The van der Waals surface area contributed by atoms with Gasteiger partial charge in [-0.1, -0.05) is 45.7 Å². The van der Waals surface area contributed by atoms with Gasteiger partial charge in [-0.05, 0) is 74.8 Å². The number of hydrogen-bond donors (Lipinski definition) is 3. The first-order valence-corrected chi connectivity index (χ1v) is 21.3. The molecule has 1 saturated heterocycles. The number of hydrogen-bond acceptors (Lipinski definition) is 12. The molecule has 3 N–H and O–H groups in total. The molecule has 4 aliphatic rings. The molecule has 0 bridgehead atoms. The van der Waals surface area contributed by atoms with E-state index in [1.807, 2.05) is 47.6 Å². The van der Waals surface area contributed by atoms with E-state index in [2.05, 4.69) is 21.0 Å². The summed E-state index contributed by atoms with van der Waals surface area (Å²) in [5.41, 5.74) is -1.57. The number of amides is 3. The maximum Gasteiger partial charge on any atom is 0.408 e. The smallest absolute Gasteiger partial charge is 0.408 e. The second-order valence-electron chi connectivity index (χ2n) is 18.0. The van der Waals surface area contributed by atoms with Crippen LogP contribution >= 0.6 is 11.6 Å². The van der Waals surface area contributed by atoms with Crippen molar-refractivity contribution in [3.8, 4) is 17.3 Å². The first-order chi connectivity index (χ1) is 28.5. The van der Waals surface area contributed by atoms with Crippen molar-refractivity contribution >= 4 is 52.2 Å². The topological polar surface area (TPSA) is 184 Å². The van der Waals surface area contributed by atoms with Gasteiger partial charge in [-0.3, -0.25) is 9.59 Å². The monoisotopic (exact) mass is 851 g/mol. The van der Waals surface area contributed by atoms with Crippen LogP contribution in [-0.4, -0.2) is 113 Å². The number of pyridine rings is 1. The van der Waals surface area contributed by atoms with E-state index >= 15 is 0 Å². The van der Waals surface area contributed by atoms with Crippen molar-refractivity contribution in [1.29, 1.82) is 0 Å². The predicted molar refractivity (Wildman–Crippen MR) is 223 cm³/mol. The fraction of sp³-hybridized carbons (Fsp3) is 0.628. The van der Waals surface area contributed by atoms with Crippen molar-refractivity contribution in [1.82, 2.24) is 30.3 Å². The van der Waals surface area contributed by atoms with E-state index in [1.54, 1.807) is 36.2 Å². The Bertz CT molecular complexity index is 2100. The van der Waals surface area contributed by atoms with Crippen LogP contribution in [0.2, 0.25) is 5.02 Å². The highest BCUT2D eigenvalue weighted by molar-refractivity contribution is 6.36. The first kappa shape index (κ1) is 43.3. The summed E-state index contributed by atoms with van der Waals surface area (Å²) in [7, 11) is 2.88. The average molecular weight is 852 g/mol. The molecule has 0 spiro atoms. The van der Waals surface area contributed by atoms with Gasteiger partial charge in [0.15, 0.2) is 5.82 Å². The van der Waals surface area contributed by atoms with Gasteiger partial charge in [-0.15, -0.1) is 5.10 Å². The molecule has 16 nitrogen and oxygen atoms in total. The summed E-state index contributed by atoms with van der Waals surface area (Å²) >= 11 is 6.97. The fourth-order valence-electron chi connectivity index (χ4n) is 8.77. The second kappa shape index (κ2) is 17.3. The molecule has 3 saturated carbocycles. The number of aromatic nitrogens is 3. The van der Waals surface area contributed by atoms with Gasteiger partial charge >= 0.3 is 12.1 Å². The normalized spacial score (nSPS) is 26.0. The van der Waals surface area contributed by atoms with Crippen LogP contribution in [0.1, 0.15) is 80.1 Å². The van der Waals surface area contributed by atoms with E-state index in [9.17, 15) is 19.2 Å². The van der Waals surface area contributed by atoms with Gasteiger partial charge in [0.05, 0.1) is 25.8 Å².